The van der Waals surface area contributed by atoms with Crippen LogP contribution in [0.3, 0.4) is 0 Å². The van der Waals surface area contributed by atoms with Crippen molar-refractivity contribution < 1.29 is 5.11 Å². The lowest BCUT2D eigenvalue weighted by atomic mass is 10.1. The third-order valence-electron chi connectivity index (χ3n) is 0.810. The molecule has 0 heterocycles. The second kappa shape index (κ2) is 3.36. The van der Waals surface area contributed by atoms with Gasteiger partial charge >= 0.3 is 0 Å². The molecule has 0 amide bonds. The highest BCUT2D eigenvalue weighted by Crippen LogP contribution is 2.03. The van der Waals surface area contributed by atoms with Gasteiger partial charge in [0.2, 0.25) is 0 Å². The molecule has 3 N–H and O–H groups in total. The first-order valence-electron chi connectivity index (χ1n) is 2.75. The van der Waals surface area contributed by atoms with Crippen LogP contribution >= 0.6 is 0 Å². The zero-order chi connectivity index (χ0) is 6.57. The number of nitrogens with two attached hydrogens (primary N) is 1. The lowest BCUT2D eigenvalue weighted by Gasteiger charge is -2.00. The van der Waals surface area contributed by atoms with Gasteiger partial charge in [-0.1, -0.05) is 13.8 Å². The fourth-order valence-electron chi connectivity index (χ4n) is 0.524. The topological polar surface area (TPSA) is 46.2 Å². The summed E-state index contributed by atoms with van der Waals surface area (Å²) < 4.78 is 0. The Morgan fingerprint density at radius 2 is 2.25 bits per heavy atom. The fourth-order valence-corrected chi connectivity index (χ4v) is 0.524. The summed E-state index contributed by atoms with van der Waals surface area (Å²) in [6.45, 7) is 4.10. The molecule has 0 aliphatic heterocycles. The van der Waals surface area contributed by atoms with E-state index in [0.717, 1.165) is 12.7 Å². The van der Waals surface area contributed by atoms with Gasteiger partial charge in [0.1, 0.15) is 0 Å². The van der Waals surface area contributed by atoms with Gasteiger partial charge < -0.3 is 10.8 Å². The van der Waals surface area contributed by atoms with Gasteiger partial charge in [-0.2, -0.15) is 0 Å². The smallest absolute Gasteiger partial charge is 0.0978 e. The van der Waals surface area contributed by atoms with Crippen LogP contribution in [0.4, 0.5) is 0 Å². The van der Waals surface area contributed by atoms with Gasteiger partial charge in [0, 0.05) is 5.70 Å². The number of hydrogen-bond donors (Lipinski definition) is 2. The molecule has 0 atom stereocenters. The molecule has 0 radical (unpaired) electrons. The normalized spacial score (nSPS) is 12.6. The minimum absolute atomic E-state index is 0.526. The molecule has 0 aliphatic carbocycles. The fraction of sp³-hybridized carbons (Fsp3) is 0.667. The van der Waals surface area contributed by atoms with E-state index in [1.165, 1.54) is 0 Å². The van der Waals surface area contributed by atoms with Gasteiger partial charge in [-0.15, -0.1) is 0 Å². The maximum Gasteiger partial charge on any atom is 0.0978 e. The molecule has 0 unspecified atom stereocenters. The van der Waals surface area contributed by atoms with Crippen LogP contribution in [0.2, 0.25) is 0 Å². The summed E-state index contributed by atoms with van der Waals surface area (Å²) in [5.41, 5.74) is 5.84. The molecule has 2 nitrogen and oxygen atoms in total. The maximum atomic E-state index is 8.30. The number of rotatable bonds is 2. The summed E-state index contributed by atoms with van der Waals surface area (Å²) in [4.78, 5) is 0. The molecular weight excluding hydrogens is 102 g/mol. The van der Waals surface area contributed by atoms with Crippen molar-refractivity contribution in [1.29, 1.82) is 0 Å². The molecular formula is C6H13NO. The monoisotopic (exact) mass is 115 g/mol. The van der Waals surface area contributed by atoms with Crippen LogP contribution in [0.15, 0.2) is 12.0 Å². The van der Waals surface area contributed by atoms with Crippen molar-refractivity contribution in [3.05, 3.63) is 12.0 Å². The molecule has 0 aromatic rings. The predicted molar refractivity (Wildman–Crippen MR) is 34.4 cm³/mol. The third-order valence-corrected chi connectivity index (χ3v) is 0.810. The first-order valence-corrected chi connectivity index (χ1v) is 2.75. The Bertz CT molecular complexity index is 86.5. The van der Waals surface area contributed by atoms with Gasteiger partial charge in [-0.3, -0.25) is 0 Å². The standard InChI is InChI=1S/C6H13NO/c1-5(2)3-6(7)4-8/h4-5,8H,3,7H2,1-2H3. The maximum absolute atomic E-state index is 8.30. The Kier molecular flexibility index (Phi) is 3.08. The molecule has 0 aromatic heterocycles. The molecule has 8 heavy (non-hydrogen) atoms. The van der Waals surface area contributed by atoms with E-state index in [1.807, 2.05) is 0 Å². The zero-order valence-corrected chi connectivity index (χ0v) is 5.39. The van der Waals surface area contributed by atoms with Crippen LogP contribution in [-0.4, -0.2) is 5.11 Å². The minimum Gasteiger partial charge on any atom is -0.514 e. The molecule has 2 heteroatoms. The number of allylic oxidation sites excluding steroid dienone is 1. The van der Waals surface area contributed by atoms with Gasteiger partial charge in [0.05, 0.1) is 6.26 Å². The first-order chi connectivity index (χ1) is 3.66. The SMILES string of the molecule is CC(C)CC(N)=CO. The van der Waals surface area contributed by atoms with E-state index in [-0.39, 0.29) is 0 Å². The van der Waals surface area contributed by atoms with Crippen molar-refractivity contribution in [2.75, 3.05) is 0 Å². The van der Waals surface area contributed by atoms with Crippen molar-refractivity contribution in [3.8, 4) is 0 Å². The summed E-state index contributed by atoms with van der Waals surface area (Å²) in [5.74, 6) is 0.526. The van der Waals surface area contributed by atoms with Crippen molar-refractivity contribution in [2.45, 2.75) is 20.3 Å². The molecule has 0 spiro atoms. The van der Waals surface area contributed by atoms with Crippen LogP contribution in [0, 0.1) is 5.92 Å². The molecule has 0 fully saturated rings. The van der Waals surface area contributed by atoms with Gasteiger partial charge in [0.25, 0.3) is 0 Å². The molecule has 0 bridgehead atoms. The second-order valence-electron chi connectivity index (χ2n) is 2.30. The summed E-state index contributed by atoms with van der Waals surface area (Å²) in [7, 11) is 0. The quantitative estimate of drug-likeness (QED) is 0.534. The molecule has 0 rings (SSSR count). The summed E-state index contributed by atoms with van der Waals surface area (Å²) >= 11 is 0. The Labute approximate surface area is 50.0 Å². The second-order valence-corrected chi connectivity index (χ2v) is 2.30. The Hall–Kier alpha value is -0.660. The van der Waals surface area contributed by atoms with E-state index < -0.39 is 0 Å². The molecule has 48 valence electrons. The summed E-state index contributed by atoms with van der Waals surface area (Å²) in [6.07, 6.45) is 1.73. The molecule has 0 saturated carbocycles. The van der Waals surface area contributed by atoms with Crippen molar-refractivity contribution in [2.24, 2.45) is 11.7 Å². The van der Waals surface area contributed by atoms with Crippen molar-refractivity contribution in [3.63, 3.8) is 0 Å². The van der Waals surface area contributed by atoms with E-state index >= 15 is 0 Å². The highest BCUT2D eigenvalue weighted by atomic mass is 16.2. The summed E-state index contributed by atoms with van der Waals surface area (Å²) in [5, 5.41) is 8.30. The number of aliphatic hydroxyl groups excluding tert-OH is 1. The van der Waals surface area contributed by atoms with E-state index in [4.69, 9.17) is 10.8 Å². The van der Waals surface area contributed by atoms with Crippen LogP contribution in [0.1, 0.15) is 20.3 Å². The number of hydrogen-bond acceptors (Lipinski definition) is 2. The van der Waals surface area contributed by atoms with Gasteiger partial charge in [-0.05, 0) is 12.3 Å². The van der Waals surface area contributed by atoms with E-state index in [1.54, 1.807) is 0 Å². The summed E-state index contributed by atoms with van der Waals surface area (Å²) in [6, 6.07) is 0. The average molecular weight is 115 g/mol. The van der Waals surface area contributed by atoms with E-state index in [2.05, 4.69) is 13.8 Å². The highest BCUT2D eigenvalue weighted by molar-refractivity contribution is 4.90. The highest BCUT2D eigenvalue weighted by Gasteiger charge is 1.93. The lowest BCUT2D eigenvalue weighted by Crippen LogP contribution is -2.00. The third kappa shape index (κ3) is 3.53. The van der Waals surface area contributed by atoms with Crippen LogP contribution in [0.5, 0.6) is 0 Å². The zero-order valence-electron chi connectivity index (χ0n) is 5.39. The molecule has 0 aromatic carbocycles. The Morgan fingerprint density at radius 1 is 1.75 bits per heavy atom. The molecule has 0 saturated heterocycles. The minimum atomic E-state index is 0.526. The largest absolute Gasteiger partial charge is 0.514 e. The van der Waals surface area contributed by atoms with E-state index in [9.17, 15) is 0 Å². The Morgan fingerprint density at radius 3 is 2.38 bits per heavy atom. The van der Waals surface area contributed by atoms with Crippen molar-refractivity contribution >= 4 is 0 Å². The lowest BCUT2D eigenvalue weighted by molar-refractivity contribution is 0.458. The van der Waals surface area contributed by atoms with E-state index in [0.29, 0.717) is 11.6 Å². The van der Waals surface area contributed by atoms with Gasteiger partial charge in [0.15, 0.2) is 0 Å². The van der Waals surface area contributed by atoms with Crippen molar-refractivity contribution in [1.82, 2.24) is 0 Å². The Balaban J connectivity index is 3.39. The van der Waals surface area contributed by atoms with Crippen LogP contribution in [0.25, 0.3) is 0 Å². The first kappa shape index (κ1) is 7.34. The number of aliphatic hydroxyl groups is 1. The van der Waals surface area contributed by atoms with Crippen LogP contribution in [-0.2, 0) is 0 Å². The average Bonchev–Trinajstić information content (AvgIpc) is 1.65. The predicted octanol–water partition coefficient (Wildman–Crippen LogP) is 1.39. The molecule has 0 aliphatic rings. The van der Waals surface area contributed by atoms with Gasteiger partial charge in [-0.25, -0.2) is 0 Å². The van der Waals surface area contributed by atoms with Crippen LogP contribution < -0.4 is 5.73 Å².